The predicted molar refractivity (Wildman–Crippen MR) is 107 cm³/mol. The van der Waals surface area contributed by atoms with Crippen LogP contribution < -0.4 is 15.8 Å². The quantitative estimate of drug-likeness (QED) is 0.673. The van der Waals surface area contributed by atoms with Crippen LogP contribution in [0.3, 0.4) is 0 Å². The third-order valence-corrected chi connectivity index (χ3v) is 5.46. The van der Waals surface area contributed by atoms with Gasteiger partial charge in [0.15, 0.2) is 0 Å². The van der Waals surface area contributed by atoms with Crippen molar-refractivity contribution in [1.29, 1.82) is 0 Å². The summed E-state index contributed by atoms with van der Waals surface area (Å²) in [5.41, 5.74) is 5.58. The smallest absolute Gasteiger partial charge is 0.269 e. The van der Waals surface area contributed by atoms with E-state index in [4.69, 9.17) is 23.2 Å². The van der Waals surface area contributed by atoms with E-state index < -0.39 is 17.7 Å². The molecule has 0 aliphatic carbocycles. The van der Waals surface area contributed by atoms with Crippen LogP contribution in [0.5, 0.6) is 0 Å². The van der Waals surface area contributed by atoms with Gasteiger partial charge in [0.05, 0.1) is 21.7 Å². The summed E-state index contributed by atoms with van der Waals surface area (Å²) >= 11 is 15.4. The Hall–Kier alpha value is -2.09. The largest absolute Gasteiger partial charge is 0.310 e. The number of rotatable bonds is 3. The third-order valence-electron chi connectivity index (χ3n) is 4.12. The van der Waals surface area contributed by atoms with Gasteiger partial charge in [0.25, 0.3) is 5.91 Å². The zero-order valence-electron chi connectivity index (χ0n) is 13.8. The van der Waals surface area contributed by atoms with E-state index in [0.717, 1.165) is 4.47 Å². The number of benzene rings is 2. The van der Waals surface area contributed by atoms with Crippen molar-refractivity contribution in [2.24, 2.45) is 5.92 Å². The van der Waals surface area contributed by atoms with Gasteiger partial charge in [0.1, 0.15) is 0 Å². The second-order valence-corrected chi connectivity index (χ2v) is 7.63. The maximum absolute atomic E-state index is 12.3. The molecule has 2 aromatic rings. The molecule has 140 valence electrons. The number of hydrogen-bond donors (Lipinski definition) is 2. The van der Waals surface area contributed by atoms with E-state index in [0.29, 0.717) is 16.3 Å². The summed E-state index contributed by atoms with van der Waals surface area (Å²) in [6, 6.07) is 11.7. The highest BCUT2D eigenvalue weighted by atomic mass is 79.9. The number of hydrazine groups is 1. The summed E-state index contributed by atoms with van der Waals surface area (Å²) in [7, 11) is 0. The van der Waals surface area contributed by atoms with Crippen LogP contribution in [0.4, 0.5) is 5.69 Å². The third kappa shape index (κ3) is 4.43. The average molecular weight is 471 g/mol. The van der Waals surface area contributed by atoms with Crippen molar-refractivity contribution in [2.45, 2.75) is 6.42 Å². The maximum Gasteiger partial charge on any atom is 0.269 e. The van der Waals surface area contributed by atoms with E-state index in [9.17, 15) is 14.4 Å². The molecule has 2 aromatic carbocycles. The molecule has 1 saturated heterocycles. The first-order valence-electron chi connectivity index (χ1n) is 7.97. The molecule has 6 nitrogen and oxygen atoms in total. The molecule has 27 heavy (non-hydrogen) atoms. The number of halogens is 3. The Kier molecular flexibility index (Phi) is 6.04. The fourth-order valence-corrected chi connectivity index (χ4v) is 3.37. The monoisotopic (exact) mass is 469 g/mol. The summed E-state index contributed by atoms with van der Waals surface area (Å²) in [6.07, 6.45) is 0.0167. The van der Waals surface area contributed by atoms with Crippen molar-refractivity contribution in [3.63, 3.8) is 0 Å². The lowest BCUT2D eigenvalue weighted by Gasteiger charge is -2.18. The van der Waals surface area contributed by atoms with Crippen LogP contribution in [0.15, 0.2) is 46.9 Å². The minimum Gasteiger partial charge on any atom is -0.310 e. The fraction of sp³-hybridized carbons (Fsp3) is 0.167. The standard InChI is InChI=1S/C18H14BrCl2N3O3/c19-12-6-4-10(5-7-12)17(26)22-23-18(27)11-8-15(25)24(9-11)14-3-1-2-13(20)16(14)21/h1-7,11H,8-9H2,(H,22,26)(H,23,27)/t11-/m1/s1. The Bertz CT molecular complexity index is 905. The van der Waals surface area contributed by atoms with Gasteiger partial charge in [0, 0.05) is 23.0 Å². The average Bonchev–Trinajstić information content (AvgIpc) is 3.04. The topological polar surface area (TPSA) is 78.5 Å². The van der Waals surface area contributed by atoms with E-state index in [-0.39, 0.29) is 23.9 Å². The molecule has 1 aliphatic rings. The number of carbonyl (C=O) groups excluding carboxylic acids is 3. The Labute approximate surface area is 173 Å². The minimum absolute atomic E-state index is 0.0167. The first-order valence-corrected chi connectivity index (χ1v) is 9.52. The molecule has 0 unspecified atom stereocenters. The van der Waals surface area contributed by atoms with Crippen molar-refractivity contribution in [2.75, 3.05) is 11.4 Å². The van der Waals surface area contributed by atoms with Crippen molar-refractivity contribution >= 4 is 62.5 Å². The van der Waals surface area contributed by atoms with Gasteiger partial charge in [-0.05, 0) is 36.4 Å². The Balaban J connectivity index is 1.61. The molecule has 0 saturated carbocycles. The molecule has 0 aromatic heterocycles. The van der Waals surface area contributed by atoms with Crippen molar-refractivity contribution < 1.29 is 14.4 Å². The number of anilines is 1. The van der Waals surface area contributed by atoms with Crippen LogP contribution in [0.25, 0.3) is 0 Å². The van der Waals surface area contributed by atoms with E-state index in [1.807, 2.05) is 0 Å². The van der Waals surface area contributed by atoms with Gasteiger partial charge in [-0.15, -0.1) is 0 Å². The highest BCUT2D eigenvalue weighted by molar-refractivity contribution is 9.10. The van der Waals surface area contributed by atoms with Gasteiger partial charge >= 0.3 is 0 Å². The second-order valence-electron chi connectivity index (χ2n) is 5.93. The highest BCUT2D eigenvalue weighted by Gasteiger charge is 2.36. The Morgan fingerprint density at radius 2 is 1.78 bits per heavy atom. The molecule has 1 aliphatic heterocycles. The van der Waals surface area contributed by atoms with Crippen molar-refractivity contribution in [3.8, 4) is 0 Å². The molecule has 3 rings (SSSR count). The summed E-state index contributed by atoms with van der Waals surface area (Å²) in [5.74, 6) is -1.75. The summed E-state index contributed by atoms with van der Waals surface area (Å²) < 4.78 is 0.840. The van der Waals surface area contributed by atoms with Crippen molar-refractivity contribution in [3.05, 3.63) is 62.5 Å². The molecular weight excluding hydrogens is 457 g/mol. The van der Waals surface area contributed by atoms with Gasteiger partial charge < -0.3 is 4.90 Å². The van der Waals surface area contributed by atoms with Crippen molar-refractivity contribution in [1.82, 2.24) is 10.9 Å². The molecule has 1 heterocycles. The second kappa shape index (κ2) is 8.29. The van der Waals surface area contributed by atoms with Gasteiger partial charge in [-0.2, -0.15) is 0 Å². The normalized spacial score (nSPS) is 16.3. The maximum atomic E-state index is 12.3. The molecule has 1 atom stereocenters. The number of nitrogens with zero attached hydrogens (tertiary/aromatic N) is 1. The molecule has 1 fully saturated rings. The zero-order chi connectivity index (χ0) is 19.6. The predicted octanol–water partition coefficient (Wildman–Crippen LogP) is 3.57. The van der Waals surface area contributed by atoms with Crippen LogP contribution >= 0.6 is 39.1 Å². The molecule has 9 heteroatoms. The van der Waals surface area contributed by atoms with Crippen LogP contribution in [0.2, 0.25) is 10.0 Å². The number of amides is 3. The van der Waals surface area contributed by atoms with Crippen LogP contribution in [0, 0.1) is 5.92 Å². The summed E-state index contributed by atoms with van der Waals surface area (Å²) in [4.78, 5) is 38.1. The van der Waals surface area contributed by atoms with Gasteiger partial charge in [-0.1, -0.05) is 45.2 Å². The Morgan fingerprint density at radius 3 is 2.48 bits per heavy atom. The first kappa shape index (κ1) is 19.7. The molecule has 3 amide bonds. The molecule has 0 bridgehead atoms. The summed E-state index contributed by atoms with van der Waals surface area (Å²) in [6.45, 7) is 0.152. The first-order chi connectivity index (χ1) is 12.9. The summed E-state index contributed by atoms with van der Waals surface area (Å²) in [5, 5.41) is 0.591. The van der Waals surface area contributed by atoms with Gasteiger partial charge in [0.2, 0.25) is 11.8 Å². The number of carbonyl (C=O) groups is 3. The van der Waals surface area contributed by atoms with E-state index >= 15 is 0 Å². The Morgan fingerprint density at radius 1 is 1.07 bits per heavy atom. The minimum atomic E-state index is -0.613. The van der Waals surface area contributed by atoms with Crippen LogP contribution in [0.1, 0.15) is 16.8 Å². The van der Waals surface area contributed by atoms with Gasteiger partial charge in [-0.3, -0.25) is 25.2 Å². The SMILES string of the molecule is O=C(NNC(=O)[C@@H]1CC(=O)N(c2cccc(Cl)c2Cl)C1)c1ccc(Br)cc1. The molecule has 0 spiro atoms. The fourth-order valence-electron chi connectivity index (χ4n) is 2.71. The highest BCUT2D eigenvalue weighted by Crippen LogP contribution is 2.35. The lowest BCUT2D eigenvalue weighted by molar-refractivity contribution is -0.126. The van der Waals surface area contributed by atoms with E-state index in [2.05, 4.69) is 26.8 Å². The molecular formula is C18H14BrCl2N3O3. The van der Waals surface area contributed by atoms with Gasteiger partial charge in [-0.25, -0.2) is 0 Å². The van der Waals surface area contributed by atoms with E-state index in [1.165, 1.54) is 4.90 Å². The molecule has 2 N–H and O–H groups in total. The van der Waals surface area contributed by atoms with Crippen LogP contribution in [-0.2, 0) is 9.59 Å². The number of hydrogen-bond acceptors (Lipinski definition) is 3. The zero-order valence-corrected chi connectivity index (χ0v) is 16.9. The lowest BCUT2D eigenvalue weighted by Crippen LogP contribution is -2.45. The van der Waals surface area contributed by atoms with Crippen LogP contribution in [-0.4, -0.2) is 24.3 Å². The number of nitrogens with one attached hydrogen (secondary N) is 2. The van der Waals surface area contributed by atoms with E-state index in [1.54, 1.807) is 42.5 Å². The molecule has 0 radical (unpaired) electrons. The lowest BCUT2D eigenvalue weighted by atomic mass is 10.1.